The second kappa shape index (κ2) is 17.8. The first kappa shape index (κ1) is 34.9. The van der Waals surface area contributed by atoms with Gasteiger partial charge in [-0.15, -0.1) is 0 Å². The van der Waals surface area contributed by atoms with E-state index < -0.39 is 0 Å². The van der Waals surface area contributed by atoms with Crippen molar-refractivity contribution in [1.29, 1.82) is 0 Å². The van der Waals surface area contributed by atoms with Crippen LogP contribution in [0.15, 0.2) is 12.3 Å². The van der Waals surface area contributed by atoms with Crippen LogP contribution in [0, 0.1) is 11.8 Å². The van der Waals surface area contributed by atoms with E-state index in [0.717, 1.165) is 6.42 Å². The van der Waals surface area contributed by atoms with Gasteiger partial charge in [0.2, 0.25) is 5.91 Å². The average Bonchev–Trinajstić information content (AvgIpc) is 2.63. The molecule has 0 radical (unpaired) electrons. The van der Waals surface area contributed by atoms with Crippen LogP contribution >= 0.6 is 0 Å². The van der Waals surface area contributed by atoms with E-state index in [4.69, 9.17) is 11.5 Å². The average molecular weight is 457 g/mol. The zero-order chi connectivity index (χ0) is 24.9. The van der Waals surface area contributed by atoms with E-state index in [2.05, 4.69) is 30.6 Å². The molecule has 2 atom stereocenters. The Morgan fingerprint density at radius 3 is 1.62 bits per heavy atom. The number of likely N-dealkylation sites (N-methyl/N-ethyl adjacent to an activating group) is 1. The van der Waals surface area contributed by atoms with Gasteiger partial charge in [0.05, 0.1) is 12.1 Å². The zero-order valence-corrected chi connectivity index (χ0v) is 21.3. The van der Waals surface area contributed by atoms with Crippen molar-refractivity contribution >= 4 is 17.5 Å². The molecule has 0 aromatic heterocycles. The van der Waals surface area contributed by atoms with Crippen LogP contribution in [0.5, 0.6) is 0 Å². The number of carbonyl (C=O) groups excluding carboxylic acids is 3. The molecule has 0 unspecified atom stereocenters. The summed E-state index contributed by atoms with van der Waals surface area (Å²) in [6.45, 7) is 19.4. The minimum absolute atomic E-state index is 0. The molecule has 0 saturated carbocycles. The molecule has 1 amide bonds. The molecule has 0 aliphatic rings. The summed E-state index contributed by atoms with van der Waals surface area (Å²) in [6, 6.07) is 0.294. The predicted octanol–water partition coefficient (Wildman–Crippen LogP) is 3.65. The third kappa shape index (κ3) is 16.0. The lowest BCUT2D eigenvalue weighted by molar-refractivity contribution is -0.127. The van der Waals surface area contributed by atoms with Crippen LogP contribution in [-0.4, -0.2) is 53.6 Å². The Bertz CT molecular complexity index is 572. The number of rotatable bonds is 14. The summed E-state index contributed by atoms with van der Waals surface area (Å²) in [5.41, 5.74) is 11.3. The standard InChI is InChI=1S/C13H26N2O.C11H22N2O2.CH4/c1-9(2)13(16)12(8-7-11(5)14)15(6)10(3)4;1-7(2)11(15)9(13-8(3)4)5-6-10(12)14;/h9-10,12H,5,7-8,14H2,1-4,6H3;7-9,13H,5-6H2,1-4H3,(H2,12,14);1H4/t12-;9-;/m00./s1. The summed E-state index contributed by atoms with van der Waals surface area (Å²) in [4.78, 5) is 36.6. The minimum atomic E-state index is -0.359. The summed E-state index contributed by atoms with van der Waals surface area (Å²) in [5.74, 6) is 0.121. The third-order valence-corrected chi connectivity index (χ3v) is 5.07. The Hall–Kier alpha value is -1.73. The molecule has 7 nitrogen and oxygen atoms in total. The Balaban J connectivity index is -0.000000511. The van der Waals surface area contributed by atoms with Gasteiger partial charge in [0.15, 0.2) is 11.6 Å². The molecule has 32 heavy (non-hydrogen) atoms. The molecular weight excluding hydrogens is 404 g/mol. The maximum absolute atomic E-state index is 12.1. The van der Waals surface area contributed by atoms with Crippen molar-refractivity contribution in [2.75, 3.05) is 7.05 Å². The SMILES string of the molecule is C.C=C(N)CC[C@@H](C(=O)C(C)C)N(C)C(C)C.CC(C)N[C@@H](CCC(N)=O)C(=O)C(C)C. The van der Waals surface area contributed by atoms with Crippen LogP contribution in [0.3, 0.4) is 0 Å². The fourth-order valence-electron chi connectivity index (χ4n) is 3.01. The van der Waals surface area contributed by atoms with Crippen molar-refractivity contribution in [3.8, 4) is 0 Å². The van der Waals surface area contributed by atoms with E-state index in [9.17, 15) is 14.4 Å². The number of ketones is 2. The predicted molar refractivity (Wildman–Crippen MR) is 136 cm³/mol. The van der Waals surface area contributed by atoms with Gasteiger partial charge in [-0.2, -0.15) is 0 Å². The molecule has 0 heterocycles. The van der Waals surface area contributed by atoms with Gasteiger partial charge in [0.1, 0.15) is 0 Å². The normalized spacial score (nSPS) is 12.9. The van der Waals surface area contributed by atoms with Crippen molar-refractivity contribution in [2.45, 2.75) is 113 Å². The third-order valence-electron chi connectivity index (χ3n) is 5.07. The Kier molecular flexibility index (Phi) is 19.4. The Labute approximate surface area is 197 Å². The van der Waals surface area contributed by atoms with Crippen LogP contribution in [0.25, 0.3) is 0 Å². The van der Waals surface area contributed by atoms with Crippen molar-refractivity contribution in [2.24, 2.45) is 23.3 Å². The first-order valence-corrected chi connectivity index (χ1v) is 11.4. The number of nitrogens with one attached hydrogen (secondary N) is 1. The number of hydrogen-bond acceptors (Lipinski definition) is 6. The van der Waals surface area contributed by atoms with E-state index in [1.54, 1.807) is 0 Å². The van der Waals surface area contributed by atoms with Crippen molar-refractivity contribution in [3.63, 3.8) is 0 Å². The van der Waals surface area contributed by atoms with E-state index in [0.29, 0.717) is 24.6 Å². The lowest BCUT2D eigenvalue weighted by Gasteiger charge is -2.31. The fourth-order valence-corrected chi connectivity index (χ4v) is 3.01. The lowest BCUT2D eigenvalue weighted by atomic mass is 9.95. The molecule has 0 rings (SSSR count). The molecule has 190 valence electrons. The van der Waals surface area contributed by atoms with Gasteiger partial charge in [0, 0.05) is 36.0 Å². The highest BCUT2D eigenvalue weighted by Crippen LogP contribution is 2.15. The summed E-state index contributed by atoms with van der Waals surface area (Å²) < 4.78 is 0. The number of allylic oxidation sites excluding steroid dienone is 1. The molecule has 0 aliphatic heterocycles. The van der Waals surface area contributed by atoms with Gasteiger partial charge in [-0.3, -0.25) is 19.3 Å². The Morgan fingerprint density at radius 1 is 0.844 bits per heavy atom. The fraction of sp³-hybridized carbons (Fsp3) is 0.800. The monoisotopic (exact) mass is 456 g/mol. The Morgan fingerprint density at radius 2 is 1.31 bits per heavy atom. The maximum atomic E-state index is 12.1. The first-order chi connectivity index (χ1) is 14.1. The van der Waals surface area contributed by atoms with E-state index >= 15 is 0 Å². The molecule has 5 N–H and O–H groups in total. The highest BCUT2D eigenvalue weighted by atomic mass is 16.1. The van der Waals surface area contributed by atoms with Crippen LogP contribution < -0.4 is 16.8 Å². The second-order valence-electron chi connectivity index (χ2n) is 9.47. The summed E-state index contributed by atoms with van der Waals surface area (Å²) in [7, 11) is 1.99. The van der Waals surface area contributed by atoms with Crippen molar-refractivity contribution in [3.05, 3.63) is 12.3 Å². The molecule has 7 heteroatoms. The van der Waals surface area contributed by atoms with Crippen LogP contribution in [-0.2, 0) is 14.4 Å². The smallest absolute Gasteiger partial charge is 0.217 e. The van der Waals surface area contributed by atoms with Gasteiger partial charge >= 0.3 is 0 Å². The van der Waals surface area contributed by atoms with Gasteiger partial charge in [-0.05, 0) is 40.2 Å². The molecule has 0 saturated heterocycles. The topological polar surface area (TPSA) is 119 Å². The highest BCUT2D eigenvalue weighted by molar-refractivity contribution is 5.86. The largest absolute Gasteiger partial charge is 0.403 e. The molecule has 0 spiro atoms. The number of Topliss-reactive ketones (excluding diaryl/α,β-unsaturated/α-hetero) is 2. The van der Waals surface area contributed by atoms with Gasteiger partial charge in [-0.1, -0.05) is 55.5 Å². The number of primary amides is 1. The summed E-state index contributed by atoms with van der Waals surface area (Å²) in [6.07, 6.45) is 2.22. The number of carbonyl (C=O) groups is 3. The number of nitrogens with two attached hydrogens (primary N) is 2. The van der Waals surface area contributed by atoms with E-state index in [-0.39, 0.29) is 61.3 Å². The minimum Gasteiger partial charge on any atom is -0.403 e. The molecular formula is C25H52N4O3. The zero-order valence-electron chi connectivity index (χ0n) is 21.3. The summed E-state index contributed by atoms with van der Waals surface area (Å²) in [5, 5.41) is 3.16. The molecule has 0 aliphatic carbocycles. The quantitative estimate of drug-likeness (QED) is 0.367. The molecule has 0 aromatic rings. The van der Waals surface area contributed by atoms with Crippen LogP contribution in [0.1, 0.15) is 88.5 Å². The molecule has 0 fully saturated rings. The van der Waals surface area contributed by atoms with Crippen molar-refractivity contribution in [1.82, 2.24) is 10.2 Å². The van der Waals surface area contributed by atoms with Crippen LogP contribution in [0.2, 0.25) is 0 Å². The second-order valence-corrected chi connectivity index (χ2v) is 9.47. The highest BCUT2D eigenvalue weighted by Gasteiger charge is 2.26. The first-order valence-electron chi connectivity index (χ1n) is 11.4. The van der Waals surface area contributed by atoms with Gasteiger partial charge in [0.25, 0.3) is 0 Å². The van der Waals surface area contributed by atoms with Crippen LogP contribution in [0.4, 0.5) is 0 Å². The number of nitrogens with zero attached hydrogens (tertiary/aromatic N) is 1. The van der Waals surface area contributed by atoms with E-state index in [1.807, 2.05) is 48.6 Å². The van der Waals surface area contributed by atoms with E-state index in [1.165, 1.54) is 0 Å². The molecule has 0 aromatic carbocycles. The molecule has 0 bridgehead atoms. The van der Waals surface area contributed by atoms with Crippen molar-refractivity contribution < 1.29 is 14.4 Å². The number of hydrogen-bond donors (Lipinski definition) is 3. The summed E-state index contributed by atoms with van der Waals surface area (Å²) >= 11 is 0. The van der Waals surface area contributed by atoms with Gasteiger partial charge in [-0.25, -0.2) is 0 Å². The number of amides is 1. The lowest BCUT2D eigenvalue weighted by Crippen LogP contribution is -2.44. The maximum Gasteiger partial charge on any atom is 0.217 e. The van der Waals surface area contributed by atoms with Gasteiger partial charge < -0.3 is 16.8 Å².